The molecule has 0 bridgehead atoms. The van der Waals surface area contributed by atoms with Crippen LogP contribution < -0.4 is 10.5 Å². The van der Waals surface area contributed by atoms with Crippen molar-refractivity contribution in [1.29, 1.82) is 0 Å². The number of piperazine rings is 1. The van der Waals surface area contributed by atoms with Crippen LogP contribution >= 0.6 is 0 Å². The molecule has 1 fully saturated rings. The number of alkyl halides is 3. The van der Waals surface area contributed by atoms with Crippen LogP contribution in [0.1, 0.15) is 49.7 Å². The van der Waals surface area contributed by atoms with Crippen LogP contribution in [0.15, 0.2) is 65.5 Å². The van der Waals surface area contributed by atoms with Gasteiger partial charge in [-0.05, 0) is 54.8 Å². The highest BCUT2D eigenvalue weighted by atomic mass is 19.4. The molecule has 0 radical (unpaired) electrons. The third kappa shape index (κ3) is 5.46. The lowest BCUT2D eigenvalue weighted by atomic mass is 9.93. The third-order valence-electron chi connectivity index (χ3n) is 8.02. The van der Waals surface area contributed by atoms with Gasteiger partial charge >= 0.3 is 6.18 Å². The lowest BCUT2D eigenvalue weighted by Gasteiger charge is -2.50. The second-order valence-electron chi connectivity index (χ2n) is 10.4. The normalized spacial score (nSPS) is 18.7. The molecule has 7 nitrogen and oxygen atoms in total. The van der Waals surface area contributed by atoms with E-state index in [0.717, 1.165) is 6.07 Å². The van der Waals surface area contributed by atoms with Crippen LogP contribution in [0, 0.1) is 12.4 Å². The van der Waals surface area contributed by atoms with Gasteiger partial charge in [-0.25, -0.2) is 9.37 Å². The van der Waals surface area contributed by atoms with E-state index in [0.29, 0.717) is 48.2 Å². The van der Waals surface area contributed by atoms with Crippen molar-refractivity contribution >= 4 is 22.5 Å². The quantitative estimate of drug-likeness (QED) is 0.193. The number of benzene rings is 1. The van der Waals surface area contributed by atoms with Crippen molar-refractivity contribution in [2.45, 2.75) is 51.0 Å². The van der Waals surface area contributed by atoms with E-state index in [1.54, 1.807) is 43.4 Å². The summed E-state index contributed by atoms with van der Waals surface area (Å²) in [5.74, 6) is -0.227. The molecule has 0 saturated carbocycles. The molecule has 11 heteroatoms. The average Bonchev–Trinajstić information content (AvgIpc) is 2.99. The van der Waals surface area contributed by atoms with Gasteiger partial charge in [0.2, 0.25) is 5.52 Å². The first-order valence-corrected chi connectivity index (χ1v) is 13.8. The Kier molecular flexibility index (Phi) is 8.01. The number of fused-ring (bicyclic) bond motifs is 1. The molecule has 1 saturated heterocycles. The number of anilines is 1. The fourth-order valence-electron chi connectivity index (χ4n) is 5.82. The van der Waals surface area contributed by atoms with Gasteiger partial charge in [0.15, 0.2) is 0 Å². The highest BCUT2D eigenvalue weighted by Gasteiger charge is 2.40. The second-order valence-corrected chi connectivity index (χ2v) is 10.4. The molecule has 1 unspecified atom stereocenters. The summed E-state index contributed by atoms with van der Waals surface area (Å²) >= 11 is 0. The summed E-state index contributed by atoms with van der Waals surface area (Å²) in [7, 11) is 1.66. The van der Waals surface area contributed by atoms with Gasteiger partial charge in [-0.3, -0.25) is 9.69 Å². The Morgan fingerprint density at radius 1 is 1.00 bits per heavy atom. The molecule has 218 valence electrons. The summed E-state index contributed by atoms with van der Waals surface area (Å²) in [5, 5.41) is 0. The summed E-state index contributed by atoms with van der Waals surface area (Å²) in [6, 6.07) is 13.5. The molecular formula is C31H30F4N6O. The number of nitrogens with zero attached hydrogens (tertiary/aromatic N) is 6. The summed E-state index contributed by atoms with van der Waals surface area (Å²) < 4.78 is 56.5. The van der Waals surface area contributed by atoms with Gasteiger partial charge in [-0.15, -0.1) is 4.98 Å². The van der Waals surface area contributed by atoms with Crippen molar-refractivity contribution in [3.8, 4) is 0 Å². The minimum absolute atomic E-state index is 0.143. The highest BCUT2D eigenvalue weighted by molar-refractivity contribution is 5.89. The van der Waals surface area contributed by atoms with Crippen LogP contribution in [0.25, 0.3) is 15.9 Å². The molecule has 1 aliphatic rings. The molecule has 5 rings (SSSR count). The van der Waals surface area contributed by atoms with E-state index in [-0.39, 0.29) is 29.2 Å². The summed E-state index contributed by atoms with van der Waals surface area (Å²) in [6.45, 7) is 12.4. The van der Waals surface area contributed by atoms with Crippen LogP contribution in [0.4, 0.5) is 29.1 Å². The van der Waals surface area contributed by atoms with E-state index in [1.807, 2.05) is 13.8 Å². The van der Waals surface area contributed by atoms with Crippen molar-refractivity contribution in [3.63, 3.8) is 0 Å². The van der Waals surface area contributed by atoms with Gasteiger partial charge in [0.25, 0.3) is 11.4 Å². The fourth-order valence-corrected chi connectivity index (χ4v) is 5.82. The van der Waals surface area contributed by atoms with Gasteiger partial charge in [0, 0.05) is 38.3 Å². The standard InChI is InChI=1S/C31H30F4N6O/c1-5-21-18-41(30(19-10-12-20(32)13-11-19)23-8-7-9-26(37-23)31(33,34)35)22(6-2)17-40(21)25-16-28(42)39(4)24-14-15-27(36-3)38-29(24)25/h7-16,21-22,30H,5-6,17-18H2,1-2,4H3/t21-,22+,30?/m0/s1. The zero-order valence-electron chi connectivity index (χ0n) is 23.4. The Bertz CT molecular complexity index is 1700. The highest BCUT2D eigenvalue weighted by Crippen LogP contribution is 2.38. The smallest absolute Gasteiger partial charge is 0.362 e. The second kappa shape index (κ2) is 11.5. The van der Waals surface area contributed by atoms with Crippen LogP contribution in [-0.4, -0.2) is 44.6 Å². The van der Waals surface area contributed by atoms with Crippen molar-refractivity contribution in [2.75, 3.05) is 18.0 Å². The summed E-state index contributed by atoms with van der Waals surface area (Å²) in [5.41, 5.74) is 1.43. The van der Waals surface area contributed by atoms with Gasteiger partial charge in [-0.1, -0.05) is 38.6 Å². The van der Waals surface area contributed by atoms with Crippen LogP contribution in [0.2, 0.25) is 0 Å². The number of aryl methyl sites for hydroxylation is 1. The Balaban J connectivity index is 1.63. The first-order chi connectivity index (χ1) is 20.0. The number of hydrogen-bond acceptors (Lipinski definition) is 5. The fraction of sp³-hybridized carbons (Fsp3) is 0.355. The summed E-state index contributed by atoms with van der Waals surface area (Å²) in [6.07, 6.45) is -3.30. The maximum absolute atomic E-state index is 13.9. The lowest BCUT2D eigenvalue weighted by molar-refractivity contribution is -0.141. The Hall–Kier alpha value is -4.30. The molecule has 0 aliphatic carbocycles. The van der Waals surface area contributed by atoms with Gasteiger partial charge in [-0.2, -0.15) is 13.2 Å². The summed E-state index contributed by atoms with van der Waals surface area (Å²) in [4.78, 5) is 29.3. The number of hydrogen-bond donors (Lipinski definition) is 0. The minimum Gasteiger partial charge on any atom is -0.362 e. The predicted octanol–water partition coefficient (Wildman–Crippen LogP) is 6.51. The molecule has 4 aromatic rings. The van der Waals surface area contributed by atoms with E-state index < -0.39 is 23.7 Å². The van der Waals surface area contributed by atoms with Crippen LogP contribution in [-0.2, 0) is 13.2 Å². The Labute approximate surface area is 240 Å². The molecule has 0 amide bonds. The first-order valence-electron chi connectivity index (χ1n) is 13.8. The largest absolute Gasteiger partial charge is 0.433 e. The van der Waals surface area contributed by atoms with Gasteiger partial charge < -0.3 is 14.3 Å². The minimum atomic E-state index is -4.62. The molecule has 0 N–H and O–H groups in total. The van der Waals surface area contributed by atoms with Gasteiger partial charge in [0.05, 0.1) is 22.9 Å². The van der Waals surface area contributed by atoms with E-state index in [1.165, 1.54) is 22.8 Å². The van der Waals surface area contributed by atoms with E-state index >= 15 is 0 Å². The van der Waals surface area contributed by atoms with Crippen molar-refractivity contribution in [1.82, 2.24) is 19.4 Å². The monoisotopic (exact) mass is 578 g/mol. The Morgan fingerprint density at radius 2 is 1.71 bits per heavy atom. The molecule has 0 spiro atoms. The zero-order valence-corrected chi connectivity index (χ0v) is 23.4. The van der Waals surface area contributed by atoms with E-state index in [9.17, 15) is 22.4 Å². The molecule has 3 aromatic heterocycles. The molecule has 1 aliphatic heterocycles. The maximum atomic E-state index is 13.9. The molecule has 1 aromatic carbocycles. The maximum Gasteiger partial charge on any atom is 0.433 e. The molecule has 42 heavy (non-hydrogen) atoms. The van der Waals surface area contributed by atoms with Crippen molar-refractivity contribution < 1.29 is 17.6 Å². The molecule has 3 atom stereocenters. The van der Waals surface area contributed by atoms with E-state index in [2.05, 4.69) is 24.6 Å². The SMILES string of the molecule is [C-]#[N+]c1ccc2c(n1)c(N1C[C@@H](CC)N(C(c3ccc(F)cc3)c3cccc(C(F)(F)F)n3)C[C@@H]1CC)cc(=O)n2C. The molecule has 4 heterocycles. The number of rotatable bonds is 6. The topological polar surface area (TPSA) is 58.6 Å². The van der Waals surface area contributed by atoms with Crippen molar-refractivity contribution in [2.24, 2.45) is 7.05 Å². The third-order valence-corrected chi connectivity index (χ3v) is 8.02. The molecular weight excluding hydrogens is 548 g/mol. The number of halogens is 4. The average molecular weight is 579 g/mol. The van der Waals surface area contributed by atoms with Gasteiger partial charge in [0.1, 0.15) is 11.5 Å². The first kappa shape index (κ1) is 29.2. The zero-order chi connectivity index (χ0) is 30.2. The van der Waals surface area contributed by atoms with Crippen LogP contribution in [0.5, 0.6) is 0 Å². The lowest BCUT2D eigenvalue weighted by Crippen LogP contribution is -2.59. The van der Waals surface area contributed by atoms with E-state index in [4.69, 9.17) is 6.57 Å². The van der Waals surface area contributed by atoms with Crippen LogP contribution in [0.3, 0.4) is 0 Å². The number of pyridine rings is 3. The predicted molar refractivity (Wildman–Crippen MR) is 153 cm³/mol. The van der Waals surface area contributed by atoms with Crippen molar-refractivity contribution in [3.05, 3.63) is 105 Å². The number of aromatic nitrogens is 3. The Morgan fingerprint density at radius 3 is 2.36 bits per heavy atom.